The molecule has 2 amide bonds. The summed E-state index contributed by atoms with van der Waals surface area (Å²) in [5.41, 5.74) is 4.01. The van der Waals surface area contributed by atoms with Gasteiger partial charge in [0, 0.05) is 16.8 Å². The maximum Gasteiger partial charge on any atom is 0.274 e. The van der Waals surface area contributed by atoms with Gasteiger partial charge >= 0.3 is 0 Å². The maximum absolute atomic E-state index is 12.0. The molecule has 0 aliphatic heterocycles. The zero-order chi connectivity index (χ0) is 14.5. The summed E-state index contributed by atoms with van der Waals surface area (Å²) in [5, 5.41) is 11.3. The van der Waals surface area contributed by atoms with Crippen molar-refractivity contribution >= 4 is 17.5 Å². The fourth-order valence-electron chi connectivity index (χ4n) is 1.76. The van der Waals surface area contributed by atoms with E-state index in [0.717, 1.165) is 5.56 Å². The molecule has 0 fully saturated rings. The van der Waals surface area contributed by atoms with E-state index in [1.807, 2.05) is 25.1 Å². The van der Waals surface area contributed by atoms with Crippen LogP contribution in [0.4, 0.5) is 5.69 Å². The predicted octanol–water partition coefficient (Wildman–Crippen LogP) is 2.37. The average molecular weight is 270 g/mol. The molecule has 0 unspecified atom stereocenters. The van der Waals surface area contributed by atoms with Crippen LogP contribution in [0, 0.1) is 6.92 Å². The minimum atomic E-state index is -0.615. The Balaban J connectivity index is 2.11. The van der Waals surface area contributed by atoms with Gasteiger partial charge in [-0.05, 0) is 48.9 Å². The van der Waals surface area contributed by atoms with E-state index < -0.39 is 5.91 Å². The molecule has 0 aliphatic carbocycles. The standard InChI is InChI=1S/C15H14N2O3/c1-10-3-2-4-13(9-10)16-14(18)11-5-7-12(8-6-11)15(19)17-20/h2-9,20H,1H3,(H,16,18)(H,17,19). The van der Waals surface area contributed by atoms with E-state index in [9.17, 15) is 9.59 Å². The van der Waals surface area contributed by atoms with Crippen molar-refractivity contribution in [3.63, 3.8) is 0 Å². The molecule has 0 heterocycles. The smallest absolute Gasteiger partial charge is 0.274 e. The van der Waals surface area contributed by atoms with Gasteiger partial charge in [0.05, 0.1) is 0 Å². The number of hydroxylamine groups is 1. The molecule has 0 aromatic heterocycles. The van der Waals surface area contributed by atoms with Gasteiger partial charge in [0.25, 0.3) is 11.8 Å². The Kier molecular flexibility index (Phi) is 4.12. The second-order valence-electron chi connectivity index (χ2n) is 4.34. The van der Waals surface area contributed by atoms with Gasteiger partial charge in [0.2, 0.25) is 0 Å². The molecule has 0 bridgehead atoms. The Bertz CT molecular complexity index is 636. The van der Waals surface area contributed by atoms with Crippen LogP contribution >= 0.6 is 0 Å². The lowest BCUT2D eigenvalue weighted by molar-refractivity contribution is 0.0706. The van der Waals surface area contributed by atoms with Crippen molar-refractivity contribution in [2.45, 2.75) is 6.92 Å². The van der Waals surface area contributed by atoms with Crippen molar-refractivity contribution in [2.24, 2.45) is 0 Å². The molecule has 5 nitrogen and oxygen atoms in total. The van der Waals surface area contributed by atoms with E-state index in [2.05, 4.69) is 5.32 Å². The van der Waals surface area contributed by atoms with Gasteiger partial charge < -0.3 is 5.32 Å². The van der Waals surface area contributed by atoms with Crippen LogP contribution in [0.5, 0.6) is 0 Å². The first-order valence-corrected chi connectivity index (χ1v) is 6.02. The highest BCUT2D eigenvalue weighted by molar-refractivity contribution is 6.05. The molecular weight excluding hydrogens is 256 g/mol. The lowest BCUT2D eigenvalue weighted by Crippen LogP contribution is -2.19. The molecule has 2 rings (SSSR count). The molecule has 0 aliphatic rings. The van der Waals surface area contributed by atoms with Gasteiger partial charge in [-0.1, -0.05) is 12.1 Å². The van der Waals surface area contributed by atoms with Crippen LogP contribution < -0.4 is 10.8 Å². The minimum Gasteiger partial charge on any atom is -0.322 e. The molecule has 20 heavy (non-hydrogen) atoms. The topological polar surface area (TPSA) is 78.4 Å². The fraction of sp³-hybridized carbons (Fsp3) is 0.0667. The summed E-state index contributed by atoms with van der Waals surface area (Å²) in [6.07, 6.45) is 0. The summed E-state index contributed by atoms with van der Waals surface area (Å²) < 4.78 is 0. The minimum absolute atomic E-state index is 0.258. The number of aryl methyl sites for hydroxylation is 1. The lowest BCUT2D eigenvalue weighted by atomic mass is 10.1. The van der Waals surface area contributed by atoms with Crippen LogP contribution in [0.25, 0.3) is 0 Å². The summed E-state index contributed by atoms with van der Waals surface area (Å²) in [6, 6.07) is 13.5. The van der Waals surface area contributed by atoms with Crippen molar-refractivity contribution in [3.05, 3.63) is 65.2 Å². The Labute approximate surface area is 116 Å². The second kappa shape index (κ2) is 5.99. The zero-order valence-electron chi connectivity index (χ0n) is 10.9. The van der Waals surface area contributed by atoms with Crippen molar-refractivity contribution in [1.82, 2.24) is 5.48 Å². The summed E-state index contributed by atoms with van der Waals surface area (Å²) in [4.78, 5) is 23.2. The molecule has 0 saturated heterocycles. The zero-order valence-corrected chi connectivity index (χ0v) is 10.9. The van der Waals surface area contributed by atoms with E-state index in [4.69, 9.17) is 5.21 Å². The van der Waals surface area contributed by atoms with E-state index in [-0.39, 0.29) is 11.5 Å². The molecule has 2 aromatic rings. The number of nitrogens with one attached hydrogen (secondary N) is 2. The molecular formula is C15H14N2O3. The Morgan fingerprint density at radius 2 is 1.55 bits per heavy atom. The third-order valence-electron chi connectivity index (χ3n) is 2.79. The van der Waals surface area contributed by atoms with Crippen molar-refractivity contribution < 1.29 is 14.8 Å². The largest absolute Gasteiger partial charge is 0.322 e. The van der Waals surface area contributed by atoms with Crippen LogP contribution in [0.1, 0.15) is 26.3 Å². The first-order chi connectivity index (χ1) is 9.60. The highest BCUT2D eigenvalue weighted by atomic mass is 16.5. The fourth-order valence-corrected chi connectivity index (χ4v) is 1.76. The van der Waals surface area contributed by atoms with E-state index >= 15 is 0 Å². The third kappa shape index (κ3) is 3.21. The van der Waals surface area contributed by atoms with Crippen LogP contribution in [-0.2, 0) is 0 Å². The van der Waals surface area contributed by atoms with Gasteiger partial charge in [-0.15, -0.1) is 0 Å². The average Bonchev–Trinajstić information content (AvgIpc) is 2.46. The molecule has 102 valence electrons. The SMILES string of the molecule is Cc1cccc(NC(=O)c2ccc(C(=O)NO)cc2)c1. The summed E-state index contributed by atoms with van der Waals surface area (Å²) in [5.74, 6) is -0.873. The molecule has 0 atom stereocenters. The van der Waals surface area contributed by atoms with Crippen LogP contribution in [0.2, 0.25) is 0 Å². The van der Waals surface area contributed by atoms with Gasteiger partial charge in [-0.3, -0.25) is 14.8 Å². The molecule has 2 aromatic carbocycles. The second-order valence-corrected chi connectivity index (χ2v) is 4.34. The monoisotopic (exact) mass is 270 g/mol. The number of hydrogen-bond donors (Lipinski definition) is 3. The Hall–Kier alpha value is -2.66. The van der Waals surface area contributed by atoms with Gasteiger partial charge in [0.15, 0.2) is 0 Å². The quantitative estimate of drug-likeness (QED) is 0.592. The number of benzene rings is 2. The normalized spacial score (nSPS) is 9.90. The highest BCUT2D eigenvalue weighted by Gasteiger charge is 2.08. The molecule has 0 spiro atoms. The van der Waals surface area contributed by atoms with E-state index in [1.165, 1.54) is 29.7 Å². The van der Waals surface area contributed by atoms with Crippen molar-refractivity contribution in [3.8, 4) is 0 Å². The Morgan fingerprint density at radius 1 is 0.950 bits per heavy atom. The molecule has 0 saturated carbocycles. The highest BCUT2D eigenvalue weighted by Crippen LogP contribution is 2.12. The lowest BCUT2D eigenvalue weighted by Gasteiger charge is -2.06. The summed E-state index contributed by atoms with van der Waals surface area (Å²) in [6.45, 7) is 1.94. The van der Waals surface area contributed by atoms with E-state index in [0.29, 0.717) is 11.3 Å². The predicted molar refractivity (Wildman–Crippen MR) is 74.8 cm³/mol. The number of carbonyl (C=O) groups excluding carboxylic acids is 2. The van der Waals surface area contributed by atoms with Crippen LogP contribution in [-0.4, -0.2) is 17.0 Å². The maximum atomic E-state index is 12.0. The summed E-state index contributed by atoms with van der Waals surface area (Å²) in [7, 11) is 0. The number of rotatable bonds is 3. The van der Waals surface area contributed by atoms with E-state index in [1.54, 1.807) is 6.07 Å². The van der Waals surface area contributed by atoms with Gasteiger partial charge in [-0.2, -0.15) is 0 Å². The molecule has 3 N–H and O–H groups in total. The van der Waals surface area contributed by atoms with Crippen molar-refractivity contribution in [1.29, 1.82) is 0 Å². The Morgan fingerprint density at radius 3 is 2.10 bits per heavy atom. The van der Waals surface area contributed by atoms with Crippen molar-refractivity contribution in [2.75, 3.05) is 5.32 Å². The number of amides is 2. The molecule has 0 radical (unpaired) electrons. The first-order valence-electron chi connectivity index (χ1n) is 6.02. The number of carbonyl (C=O) groups is 2. The van der Waals surface area contributed by atoms with Crippen LogP contribution in [0.15, 0.2) is 48.5 Å². The number of hydrogen-bond acceptors (Lipinski definition) is 3. The van der Waals surface area contributed by atoms with Gasteiger partial charge in [0.1, 0.15) is 0 Å². The first kappa shape index (κ1) is 13.8. The summed E-state index contributed by atoms with van der Waals surface area (Å²) >= 11 is 0. The van der Waals surface area contributed by atoms with Crippen LogP contribution in [0.3, 0.4) is 0 Å². The van der Waals surface area contributed by atoms with Gasteiger partial charge in [-0.25, -0.2) is 5.48 Å². The third-order valence-corrected chi connectivity index (χ3v) is 2.79. The number of anilines is 1. The molecule has 5 heteroatoms.